The molecule has 21 heavy (non-hydrogen) atoms. The van der Waals surface area contributed by atoms with E-state index < -0.39 is 5.97 Å². The van der Waals surface area contributed by atoms with E-state index in [1.54, 1.807) is 0 Å². The molecule has 8 heteroatoms. The highest BCUT2D eigenvalue weighted by Crippen LogP contribution is 2.19. The van der Waals surface area contributed by atoms with Gasteiger partial charge in [0.05, 0.1) is 13.7 Å². The fourth-order valence-corrected chi connectivity index (χ4v) is 1.80. The molecule has 1 aromatic carbocycles. The first-order valence-corrected chi connectivity index (χ1v) is 7.27. The highest BCUT2D eigenvalue weighted by molar-refractivity contribution is 9.10. The topological polar surface area (TPSA) is 79.5 Å². The molecule has 0 bridgehead atoms. The van der Waals surface area contributed by atoms with Crippen LogP contribution in [0.4, 0.5) is 5.69 Å². The molecule has 114 valence electrons. The molecule has 3 N–H and O–H groups in total. The minimum atomic E-state index is -0.505. The third kappa shape index (κ3) is 6.54. The van der Waals surface area contributed by atoms with Gasteiger partial charge in [-0.3, -0.25) is 9.59 Å². The summed E-state index contributed by atoms with van der Waals surface area (Å²) in [6.07, 6.45) is 0. The quantitative estimate of drug-likeness (QED) is 0.533. The van der Waals surface area contributed by atoms with Crippen LogP contribution in [-0.2, 0) is 14.3 Å². The molecule has 0 atom stereocenters. The summed E-state index contributed by atoms with van der Waals surface area (Å²) in [5.74, 6) is -0.856. The van der Waals surface area contributed by atoms with Gasteiger partial charge in [-0.25, -0.2) is 0 Å². The zero-order chi connectivity index (χ0) is 15.8. The molecule has 0 unspecified atom stereocenters. The first kappa shape index (κ1) is 17.4. The summed E-state index contributed by atoms with van der Waals surface area (Å²) in [4.78, 5) is 22.3. The highest BCUT2D eigenvalue weighted by Gasteiger charge is 2.06. The van der Waals surface area contributed by atoms with Crippen LogP contribution in [-0.4, -0.2) is 37.2 Å². The summed E-state index contributed by atoms with van der Waals surface area (Å²) in [5, 5.41) is 8.44. The smallest absolute Gasteiger partial charge is 0.325 e. The number of benzene rings is 1. The van der Waals surface area contributed by atoms with Crippen LogP contribution >= 0.6 is 28.1 Å². The second-order valence-electron chi connectivity index (χ2n) is 4.12. The normalized spacial score (nSPS) is 9.67. The van der Waals surface area contributed by atoms with E-state index in [1.807, 2.05) is 25.1 Å². The molecule has 1 aromatic rings. The lowest BCUT2D eigenvalue weighted by atomic mass is 10.2. The maximum atomic E-state index is 11.4. The van der Waals surface area contributed by atoms with Crippen molar-refractivity contribution in [1.29, 1.82) is 0 Å². The number of methoxy groups -OCH3 is 1. The van der Waals surface area contributed by atoms with Crippen molar-refractivity contribution in [2.24, 2.45) is 0 Å². The predicted octanol–water partition coefficient (Wildman–Crippen LogP) is 1.33. The van der Waals surface area contributed by atoms with E-state index in [0.717, 1.165) is 15.7 Å². The van der Waals surface area contributed by atoms with Gasteiger partial charge in [0.1, 0.15) is 6.54 Å². The van der Waals surface area contributed by atoms with Gasteiger partial charge in [0.15, 0.2) is 5.11 Å². The minimum Gasteiger partial charge on any atom is -0.468 e. The number of esters is 1. The Morgan fingerprint density at radius 2 is 2.00 bits per heavy atom. The fourth-order valence-electron chi connectivity index (χ4n) is 1.36. The molecule has 0 heterocycles. The summed E-state index contributed by atoms with van der Waals surface area (Å²) in [6.45, 7) is 1.77. The van der Waals surface area contributed by atoms with Gasteiger partial charge in [0, 0.05) is 10.2 Å². The molecule has 0 aliphatic rings. The third-order valence-corrected chi connectivity index (χ3v) is 3.62. The van der Waals surface area contributed by atoms with Gasteiger partial charge >= 0.3 is 5.97 Å². The van der Waals surface area contributed by atoms with E-state index in [4.69, 9.17) is 12.2 Å². The SMILES string of the molecule is COC(=O)CNC(=O)CNC(=S)Nc1ccc(Br)c(C)c1. The standard InChI is InChI=1S/C13H16BrN3O3S/c1-8-5-9(3-4-10(8)14)17-13(21)16-6-11(18)15-7-12(19)20-2/h3-5H,6-7H2,1-2H3,(H,15,18)(H2,16,17,21). The Bertz CT molecular complexity index is 551. The number of anilines is 1. The number of amides is 1. The van der Waals surface area contributed by atoms with Crippen LogP contribution in [0.1, 0.15) is 5.56 Å². The number of thiocarbonyl (C=S) groups is 1. The van der Waals surface area contributed by atoms with Crippen LogP contribution in [0.15, 0.2) is 22.7 Å². The van der Waals surface area contributed by atoms with E-state index in [1.165, 1.54) is 7.11 Å². The van der Waals surface area contributed by atoms with E-state index in [9.17, 15) is 9.59 Å². The monoisotopic (exact) mass is 373 g/mol. The molecule has 0 fully saturated rings. The number of hydrogen-bond donors (Lipinski definition) is 3. The van der Waals surface area contributed by atoms with Crippen LogP contribution in [0.25, 0.3) is 0 Å². The van der Waals surface area contributed by atoms with E-state index in [0.29, 0.717) is 5.11 Å². The molecule has 1 amide bonds. The highest BCUT2D eigenvalue weighted by atomic mass is 79.9. The maximum Gasteiger partial charge on any atom is 0.325 e. The second kappa shape index (κ2) is 8.58. The molecule has 0 radical (unpaired) electrons. The number of hydrogen-bond acceptors (Lipinski definition) is 4. The lowest BCUT2D eigenvalue weighted by Crippen LogP contribution is -2.40. The molecule has 0 saturated carbocycles. The van der Waals surface area contributed by atoms with Crippen molar-refractivity contribution in [3.63, 3.8) is 0 Å². The van der Waals surface area contributed by atoms with Gasteiger partial charge in [-0.2, -0.15) is 0 Å². The second-order valence-corrected chi connectivity index (χ2v) is 5.39. The van der Waals surface area contributed by atoms with Crippen LogP contribution < -0.4 is 16.0 Å². The van der Waals surface area contributed by atoms with Crippen molar-refractivity contribution in [2.45, 2.75) is 6.92 Å². The van der Waals surface area contributed by atoms with Crippen molar-refractivity contribution in [3.05, 3.63) is 28.2 Å². The summed E-state index contributed by atoms with van der Waals surface area (Å²) in [6, 6.07) is 5.70. The Morgan fingerprint density at radius 1 is 1.29 bits per heavy atom. The third-order valence-electron chi connectivity index (χ3n) is 2.48. The van der Waals surface area contributed by atoms with Gasteiger partial charge in [0.25, 0.3) is 0 Å². The Balaban J connectivity index is 2.35. The Hall–Kier alpha value is -1.67. The molecule has 0 saturated heterocycles. The van der Waals surface area contributed by atoms with E-state index >= 15 is 0 Å². The lowest BCUT2D eigenvalue weighted by molar-refractivity contribution is -0.141. The van der Waals surface area contributed by atoms with Crippen LogP contribution in [0.3, 0.4) is 0 Å². The summed E-state index contributed by atoms with van der Waals surface area (Å²) in [5.41, 5.74) is 1.89. The zero-order valence-corrected chi connectivity index (χ0v) is 14.1. The maximum absolute atomic E-state index is 11.4. The van der Waals surface area contributed by atoms with Crippen molar-refractivity contribution in [3.8, 4) is 0 Å². The number of nitrogens with one attached hydrogen (secondary N) is 3. The summed E-state index contributed by atoms with van der Waals surface area (Å²) < 4.78 is 5.42. The average molecular weight is 374 g/mol. The van der Waals surface area contributed by atoms with Crippen molar-refractivity contribution in [1.82, 2.24) is 10.6 Å². The number of carbonyl (C=O) groups excluding carboxylic acids is 2. The lowest BCUT2D eigenvalue weighted by Gasteiger charge is -2.11. The first-order valence-electron chi connectivity index (χ1n) is 6.07. The molecule has 0 aliphatic carbocycles. The van der Waals surface area contributed by atoms with Gasteiger partial charge in [0.2, 0.25) is 5.91 Å². The number of aryl methyl sites for hydroxylation is 1. The molecular weight excluding hydrogens is 358 g/mol. The molecule has 6 nitrogen and oxygen atoms in total. The summed E-state index contributed by atoms with van der Waals surface area (Å²) in [7, 11) is 1.26. The van der Waals surface area contributed by atoms with E-state index in [2.05, 4.69) is 36.6 Å². The molecule has 0 aromatic heterocycles. The number of carbonyl (C=O) groups is 2. The van der Waals surface area contributed by atoms with E-state index in [-0.39, 0.29) is 19.0 Å². The number of halogens is 1. The van der Waals surface area contributed by atoms with Crippen molar-refractivity contribution in [2.75, 3.05) is 25.5 Å². The largest absolute Gasteiger partial charge is 0.468 e. The molecule has 0 spiro atoms. The number of ether oxygens (including phenoxy) is 1. The first-order chi connectivity index (χ1) is 9.92. The predicted molar refractivity (Wildman–Crippen MR) is 88.1 cm³/mol. The van der Waals surface area contributed by atoms with Gasteiger partial charge < -0.3 is 20.7 Å². The van der Waals surface area contributed by atoms with Crippen molar-refractivity contribution < 1.29 is 14.3 Å². The molecule has 0 aliphatic heterocycles. The molecular formula is C13H16BrN3O3S. The minimum absolute atomic E-state index is 0.0294. The summed E-state index contributed by atoms with van der Waals surface area (Å²) >= 11 is 8.50. The van der Waals surface area contributed by atoms with Gasteiger partial charge in [-0.05, 0) is 42.9 Å². The zero-order valence-electron chi connectivity index (χ0n) is 11.7. The molecule has 1 rings (SSSR count). The Morgan fingerprint density at radius 3 is 2.62 bits per heavy atom. The number of rotatable bonds is 5. The van der Waals surface area contributed by atoms with Crippen LogP contribution in [0.5, 0.6) is 0 Å². The Kier molecular flexibility index (Phi) is 7.10. The Labute approximate surface area is 136 Å². The fraction of sp³-hybridized carbons (Fsp3) is 0.308. The van der Waals surface area contributed by atoms with Gasteiger partial charge in [-0.1, -0.05) is 15.9 Å². The van der Waals surface area contributed by atoms with Crippen molar-refractivity contribution >= 4 is 50.8 Å². The average Bonchev–Trinajstić information content (AvgIpc) is 2.46. The van der Waals surface area contributed by atoms with Crippen LogP contribution in [0.2, 0.25) is 0 Å². The van der Waals surface area contributed by atoms with Crippen LogP contribution in [0, 0.1) is 6.92 Å². The van der Waals surface area contributed by atoms with Gasteiger partial charge in [-0.15, -0.1) is 0 Å².